The minimum Gasteiger partial charge on any atom is -0.497 e. The monoisotopic (exact) mass is 445 g/mol. The zero-order valence-electron chi connectivity index (χ0n) is 19.5. The average Bonchev–Trinajstić information content (AvgIpc) is 2.99. The van der Waals surface area contributed by atoms with Gasteiger partial charge in [0.1, 0.15) is 11.5 Å². The molecule has 0 bridgehead atoms. The third-order valence-corrected chi connectivity index (χ3v) is 6.30. The maximum atomic E-state index is 13.2. The highest BCUT2D eigenvalue weighted by Crippen LogP contribution is 2.29. The van der Waals surface area contributed by atoms with Gasteiger partial charge in [-0.1, -0.05) is 36.4 Å². The first-order chi connectivity index (χ1) is 16.1. The summed E-state index contributed by atoms with van der Waals surface area (Å²) >= 11 is 0. The van der Waals surface area contributed by atoms with E-state index in [1.54, 1.807) is 20.4 Å². The maximum absolute atomic E-state index is 13.2. The molecule has 0 saturated carbocycles. The Kier molecular flexibility index (Phi) is 7.25. The number of nitrogens with zero attached hydrogens (tertiary/aromatic N) is 3. The van der Waals surface area contributed by atoms with Gasteiger partial charge in [-0.05, 0) is 29.7 Å². The van der Waals surface area contributed by atoms with Crippen molar-refractivity contribution in [1.82, 2.24) is 14.8 Å². The summed E-state index contributed by atoms with van der Waals surface area (Å²) < 4.78 is 10.9. The Balaban J connectivity index is 1.57. The molecule has 1 saturated heterocycles. The molecule has 1 atom stereocenters. The summed E-state index contributed by atoms with van der Waals surface area (Å²) in [5, 5.41) is 0. The van der Waals surface area contributed by atoms with E-state index in [9.17, 15) is 4.79 Å². The van der Waals surface area contributed by atoms with Crippen LogP contribution in [0.1, 0.15) is 11.1 Å². The summed E-state index contributed by atoms with van der Waals surface area (Å²) in [6.45, 7) is 2.94. The number of pyridine rings is 1. The molecule has 1 unspecified atom stereocenters. The third kappa shape index (κ3) is 5.34. The Morgan fingerprint density at radius 3 is 2.61 bits per heavy atom. The van der Waals surface area contributed by atoms with Crippen molar-refractivity contribution in [3.8, 4) is 22.6 Å². The van der Waals surface area contributed by atoms with Crippen molar-refractivity contribution in [2.75, 3.05) is 40.9 Å². The van der Waals surface area contributed by atoms with Crippen molar-refractivity contribution in [2.24, 2.45) is 5.92 Å². The van der Waals surface area contributed by atoms with Crippen LogP contribution in [0.25, 0.3) is 11.1 Å². The van der Waals surface area contributed by atoms with E-state index in [0.29, 0.717) is 19.5 Å². The number of ether oxygens (including phenoxy) is 2. The topological polar surface area (TPSA) is 54.9 Å². The smallest absolute Gasteiger partial charge is 0.227 e. The van der Waals surface area contributed by atoms with Crippen molar-refractivity contribution in [2.45, 2.75) is 13.0 Å². The van der Waals surface area contributed by atoms with Crippen LogP contribution in [0, 0.1) is 5.92 Å². The Morgan fingerprint density at radius 1 is 1.00 bits per heavy atom. The SMILES string of the molecule is COc1ccc(CN2CCN(C)C(=O)C(Cc3ccccc3-c3cccnc3)C2)c(OC)c1. The molecule has 2 aromatic carbocycles. The second-order valence-corrected chi connectivity index (χ2v) is 8.47. The van der Waals surface area contributed by atoms with Gasteiger partial charge in [0.25, 0.3) is 0 Å². The molecular weight excluding hydrogens is 414 g/mol. The van der Waals surface area contributed by atoms with Crippen molar-refractivity contribution < 1.29 is 14.3 Å². The van der Waals surface area contributed by atoms with Crippen LogP contribution in [0.5, 0.6) is 11.5 Å². The highest BCUT2D eigenvalue weighted by molar-refractivity contribution is 5.80. The lowest BCUT2D eigenvalue weighted by Gasteiger charge is -2.24. The first-order valence-electron chi connectivity index (χ1n) is 11.3. The van der Waals surface area contributed by atoms with Crippen LogP contribution in [0.2, 0.25) is 0 Å². The van der Waals surface area contributed by atoms with Crippen molar-refractivity contribution in [3.05, 3.63) is 78.1 Å². The molecule has 3 aromatic rings. The van der Waals surface area contributed by atoms with Crippen LogP contribution >= 0.6 is 0 Å². The molecule has 0 spiro atoms. The number of amides is 1. The van der Waals surface area contributed by atoms with Gasteiger partial charge in [0.2, 0.25) is 5.91 Å². The predicted octanol–water partition coefficient (Wildman–Crippen LogP) is 3.90. The quantitative estimate of drug-likeness (QED) is 0.552. The molecule has 0 aliphatic carbocycles. The molecule has 6 heteroatoms. The number of hydrogen-bond acceptors (Lipinski definition) is 5. The average molecular weight is 446 g/mol. The third-order valence-electron chi connectivity index (χ3n) is 6.30. The van der Waals surface area contributed by atoms with Crippen LogP contribution < -0.4 is 9.47 Å². The summed E-state index contributed by atoms with van der Waals surface area (Å²) in [6, 6.07) is 18.2. The second kappa shape index (κ2) is 10.5. The zero-order chi connectivity index (χ0) is 23.2. The lowest BCUT2D eigenvalue weighted by atomic mass is 9.91. The summed E-state index contributed by atoms with van der Waals surface area (Å²) in [7, 11) is 5.23. The van der Waals surface area contributed by atoms with Gasteiger partial charge >= 0.3 is 0 Å². The van der Waals surface area contributed by atoms with Crippen molar-refractivity contribution in [1.29, 1.82) is 0 Å². The molecule has 1 aromatic heterocycles. The van der Waals surface area contributed by atoms with Gasteiger partial charge in [-0.25, -0.2) is 0 Å². The molecule has 0 radical (unpaired) electrons. The van der Waals surface area contributed by atoms with E-state index < -0.39 is 0 Å². The molecule has 2 heterocycles. The van der Waals surface area contributed by atoms with E-state index >= 15 is 0 Å². The van der Waals surface area contributed by atoms with E-state index in [0.717, 1.165) is 41.3 Å². The van der Waals surface area contributed by atoms with E-state index in [4.69, 9.17) is 9.47 Å². The Morgan fingerprint density at radius 2 is 1.85 bits per heavy atom. The predicted molar refractivity (Wildman–Crippen MR) is 129 cm³/mol. The number of aromatic nitrogens is 1. The van der Waals surface area contributed by atoms with Gasteiger partial charge in [0, 0.05) is 62.8 Å². The molecule has 172 valence electrons. The van der Waals surface area contributed by atoms with Crippen LogP contribution in [0.4, 0.5) is 0 Å². The van der Waals surface area contributed by atoms with Gasteiger partial charge in [-0.2, -0.15) is 0 Å². The van der Waals surface area contributed by atoms with Gasteiger partial charge in [0.05, 0.1) is 20.1 Å². The normalized spacial score (nSPS) is 17.0. The van der Waals surface area contributed by atoms with Gasteiger partial charge in [-0.3, -0.25) is 14.7 Å². The van der Waals surface area contributed by atoms with Crippen molar-refractivity contribution >= 4 is 5.91 Å². The minimum atomic E-state index is -0.125. The number of methoxy groups -OCH3 is 2. The number of likely N-dealkylation sites (N-methyl/N-ethyl adjacent to an activating group) is 1. The molecule has 1 aliphatic heterocycles. The van der Waals surface area contributed by atoms with E-state index in [-0.39, 0.29) is 11.8 Å². The largest absolute Gasteiger partial charge is 0.497 e. The molecular formula is C27H31N3O3. The summed E-state index contributed by atoms with van der Waals surface area (Å²) in [5.74, 6) is 1.64. The molecule has 1 aliphatic rings. The number of carbonyl (C=O) groups is 1. The highest BCUT2D eigenvalue weighted by Gasteiger charge is 2.29. The number of rotatable bonds is 7. The zero-order valence-corrected chi connectivity index (χ0v) is 19.5. The lowest BCUT2D eigenvalue weighted by molar-refractivity contribution is -0.133. The van der Waals surface area contributed by atoms with E-state index in [1.165, 1.54) is 5.56 Å². The van der Waals surface area contributed by atoms with Crippen LogP contribution in [-0.2, 0) is 17.8 Å². The Bertz CT molecular complexity index is 1090. The standard InChI is InChI=1S/C27H31N3O3/c1-29-13-14-30(18-22-10-11-24(32-2)16-26(22)33-3)19-23(27(29)31)15-20-7-4-5-9-25(20)21-8-6-12-28-17-21/h4-12,16-17,23H,13-15,18-19H2,1-3H3. The fourth-order valence-electron chi connectivity index (χ4n) is 4.48. The maximum Gasteiger partial charge on any atom is 0.227 e. The molecule has 4 rings (SSSR count). The Hall–Kier alpha value is -3.38. The van der Waals surface area contributed by atoms with Crippen LogP contribution in [-0.4, -0.2) is 61.6 Å². The van der Waals surface area contributed by atoms with E-state index in [2.05, 4.69) is 28.1 Å². The number of carbonyl (C=O) groups excluding carboxylic acids is 1. The first-order valence-corrected chi connectivity index (χ1v) is 11.3. The fraction of sp³-hybridized carbons (Fsp3) is 0.333. The molecule has 0 N–H and O–H groups in total. The van der Waals surface area contributed by atoms with Crippen molar-refractivity contribution in [3.63, 3.8) is 0 Å². The molecule has 6 nitrogen and oxygen atoms in total. The molecule has 1 fully saturated rings. The minimum absolute atomic E-state index is 0.125. The molecule has 33 heavy (non-hydrogen) atoms. The van der Waals surface area contributed by atoms with Crippen LogP contribution in [0.3, 0.4) is 0 Å². The second-order valence-electron chi connectivity index (χ2n) is 8.47. The van der Waals surface area contributed by atoms with Gasteiger partial charge < -0.3 is 14.4 Å². The summed E-state index contributed by atoms with van der Waals surface area (Å²) in [6.07, 6.45) is 4.34. The Labute approximate surface area is 195 Å². The molecule has 1 amide bonds. The number of hydrogen-bond donors (Lipinski definition) is 0. The summed E-state index contributed by atoms with van der Waals surface area (Å²) in [5.41, 5.74) is 4.46. The fourth-order valence-corrected chi connectivity index (χ4v) is 4.48. The van der Waals surface area contributed by atoms with Gasteiger partial charge in [-0.15, -0.1) is 0 Å². The van der Waals surface area contributed by atoms with E-state index in [1.807, 2.05) is 54.5 Å². The highest BCUT2D eigenvalue weighted by atomic mass is 16.5. The lowest BCUT2D eigenvalue weighted by Crippen LogP contribution is -2.34. The van der Waals surface area contributed by atoms with Gasteiger partial charge in [0.15, 0.2) is 0 Å². The number of benzene rings is 2. The van der Waals surface area contributed by atoms with Crippen LogP contribution in [0.15, 0.2) is 67.0 Å². The first kappa shape index (κ1) is 22.8. The summed E-state index contributed by atoms with van der Waals surface area (Å²) in [4.78, 5) is 21.7.